The Morgan fingerprint density at radius 3 is 2.50 bits per heavy atom. The molecule has 0 aromatic heterocycles. The third-order valence-corrected chi connectivity index (χ3v) is 3.72. The number of rotatable bonds is 4. The highest BCUT2D eigenvalue weighted by atomic mass is 79.9. The van der Waals surface area contributed by atoms with Crippen molar-refractivity contribution in [3.05, 3.63) is 64.4 Å². The number of para-hydroxylation sites is 1. The van der Waals surface area contributed by atoms with E-state index in [9.17, 15) is 9.65 Å². The molecule has 0 saturated carbocycles. The van der Waals surface area contributed by atoms with E-state index in [4.69, 9.17) is 0 Å². The van der Waals surface area contributed by atoms with Crippen LogP contribution in [0.4, 0.5) is 10.1 Å². The molecule has 2 rings (SSSR count). The molecule has 0 bridgehead atoms. The number of nitrogens with one attached hydrogen (secondary N) is 1. The second-order valence-electron chi connectivity index (χ2n) is 4.82. The lowest BCUT2D eigenvalue weighted by Gasteiger charge is -2.25. The summed E-state index contributed by atoms with van der Waals surface area (Å²) in [6.45, 7) is 1.76. The van der Waals surface area contributed by atoms with Crippen LogP contribution in [0, 0.1) is 17.1 Å². The summed E-state index contributed by atoms with van der Waals surface area (Å²) < 4.78 is 14.6. The second kappa shape index (κ2) is 6.06. The molecule has 0 radical (unpaired) electrons. The highest BCUT2D eigenvalue weighted by molar-refractivity contribution is 9.10. The maximum atomic E-state index is 13.7. The molecule has 0 aliphatic rings. The van der Waals surface area contributed by atoms with Crippen LogP contribution in [0.5, 0.6) is 0 Å². The van der Waals surface area contributed by atoms with Crippen LogP contribution in [0.25, 0.3) is 0 Å². The first-order valence-electron chi connectivity index (χ1n) is 6.21. The number of halogens is 2. The monoisotopic (exact) mass is 332 g/mol. The third-order valence-electron chi connectivity index (χ3n) is 3.03. The molecule has 0 fully saturated rings. The highest BCUT2D eigenvalue weighted by Gasteiger charge is 2.26. The van der Waals surface area contributed by atoms with Crippen molar-refractivity contribution in [1.29, 1.82) is 5.26 Å². The normalized spacial score (nSPS) is 13.3. The van der Waals surface area contributed by atoms with Gasteiger partial charge in [0.1, 0.15) is 11.4 Å². The predicted octanol–water partition coefficient (Wildman–Crippen LogP) is 4.53. The minimum atomic E-state index is -0.883. The number of benzene rings is 2. The molecule has 2 nitrogen and oxygen atoms in total. The minimum absolute atomic E-state index is 0.289. The van der Waals surface area contributed by atoms with Gasteiger partial charge in [-0.1, -0.05) is 30.3 Å². The van der Waals surface area contributed by atoms with E-state index in [1.54, 1.807) is 25.1 Å². The average molecular weight is 333 g/mol. The van der Waals surface area contributed by atoms with Crippen molar-refractivity contribution < 1.29 is 4.39 Å². The summed E-state index contributed by atoms with van der Waals surface area (Å²) in [7, 11) is 0. The molecule has 0 heterocycles. The molecule has 2 aromatic rings. The van der Waals surface area contributed by atoms with Crippen molar-refractivity contribution >= 4 is 21.6 Å². The maximum absolute atomic E-state index is 13.7. The van der Waals surface area contributed by atoms with Crippen molar-refractivity contribution in [2.45, 2.75) is 18.9 Å². The largest absolute Gasteiger partial charge is 0.366 e. The van der Waals surface area contributed by atoms with Crippen LogP contribution in [0.15, 0.2) is 53.0 Å². The van der Waals surface area contributed by atoms with Crippen LogP contribution in [-0.2, 0) is 6.42 Å². The fourth-order valence-electron chi connectivity index (χ4n) is 1.99. The Labute approximate surface area is 126 Å². The van der Waals surface area contributed by atoms with Crippen LogP contribution >= 0.6 is 15.9 Å². The van der Waals surface area contributed by atoms with E-state index in [2.05, 4.69) is 27.3 Å². The van der Waals surface area contributed by atoms with E-state index >= 15 is 0 Å². The molecule has 0 saturated heterocycles. The molecule has 4 heteroatoms. The van der Waals surface area contributed by atoms with Crippen LogP contribution in [0.3, 0.4) is 0 Å². The van der Waals surface area contributed by atoms with Crippen LogP contribution in [0.1, 0.15) is 12.5 Å². The zero-order chi connectivity index (χ0) is 14.6. The van der Waals surface area contributed by atoms with Gasteiger partial charge in [0.25, 0.3) is 0 Å². The van der Waals surface area contributed by atoms with Gasteiger partial charge in [-0.25, -0.2) is 4.39 Å². The first-order chi connectivity index (χ1) is 9.54. The molecule has 1 N–H and O–H groups in total. The molecule has 2 aromatic carbocycles. The lowest BCUT2D eigenvalue weighted by molar-refractivity contribution is 0.575. The number of nitriles is 1. The number of hydrogen-bond acceptors (Lipinski definition) is 2. The molecule has 20 heavy (non-hydrogen) atoms. The fourth-order valence-corrected chi connectivity index (χ4v) is 2.38. The highest BCUT2D eigenvalue weighted by Crippen LogP contribution is 2.26. The van der Waals surface area contributed by atoms with Crippen LogP contribution < -0.4 is 5.32 Å². The smallest absolute Gasteiger partial charge is 0.126 e. The molecule has 0 amide bonds. The van der Waals surface area contributed by atoms with Crippen molar-refractivity contribution in [3.8, 4) is 6.07 Å². The number of anilines is 1. The second-order valence-corrected chi connectivity index (χ2v) is 5.67. The van der Waals surface area contributed by atoms with E-state index in [1.165, 1.54) is 6.07 Å². The van der Waals surface area contributed by atoms with Gasteiger partial charge in [0.15, 0.2) is 0 Å². The van der Waals surface area contributed by atoms with E-state index in [0.29, 0.717) is 5.56 Å². The van der Waals surface area contributed by atoms with Crippen molar-refractivity contribution in [2.24, 2.45) is 0 Å². The zero-order valence-electron chi connectivity index (χ0n) is 11.0. The van der Waals surface area contributed by atoms with E-state index in [1.807, 2.05) is 24.3 Å². The number of nitrogens with zero attached hydrogens (tertiary/aromatic N) is 1. The number of hydrogen-bond donors (Lipinski definition) is 1. The summed E-state index contributed by atoms with van der Waals surface area (Å²) in [6, 6.07) is 16.3. The molecule has 1 atom stereocenters. The summed E-state index contributed by atoms with van der Waals surface area (Å²) in [5.74, 6) is -0.289. The molecular formula is C16H14BrFN2. The van der Waals surface area contributed by atoms with Crippen molar-refractivity contribution in [1.82, 2.24) is 0 Å². The molecule has 1 unspecified atom stereocenters. The molecule has 102 valence electrons. The molecular weight excluding hydrogens is 319 g/mol. The SMILES string of the molecule is CC(C#N)(Cc1ccccc1F)Nc1ccccc1Br. The van der Waals surface area contributed by atoms with E-state index in [0.717, 1.165) is 10.2 Å². The van der Waals surface area contributed by atoms with Gasteiger partial charge in [0.05, 0.1) is 6.07 Å². The third kappa shape index (κ3) is 3.37. The Balaban J connectivity index is 2.25. The van der Waals surface area contributed by atoms with Crippen molar-refractivity contribution in [3.63, 3.8) is 0 Å². The Hall–Kier alpha value is -1.86. The Kier molecular flexibility index (Phi) is 4.41. The van der Waals surface area contributed by atoms with E-state index < -0.39 is 5.54 Å². The standard InChI is InChI=1S/C16H14BrFN2/c1-16(11-19,10-12-6-2-4-8-14(12)18)20-15-9-5-3-7-13(15)17/h2-9,20H,10H2,1H3. The average Bonchev–Trinajstić information content (AvgIpc) is 2.44. The summed E-state index contributed by atoms with van der Waals surface area (Å²) in [4.78, 5) is 0. The topological polar surface area (TPSA) is 35.8 Å². The Bertz CT molecular complexity index is 601. The molecule has 0 aliphatic heterocycles. The fraction of sp³-hybridized carbons (Fsp3) is 0.188. The van der Waals surface area contributed by atoms with Gasteiger partial charge < -0.3 is 5.32 Å². The predicted molar refractivity (Wildman–Crippen MR) is 81.9 cm³/mol. The Morgan fingerprint density at radius 1 is 1.20 bits per heavy atom. The quantitative estimate of drug-likeness (QED) is 0.893. The van der Waals surface area contributed by atoms with Gasteiger partial charge in [-0.15, -0.1) is 0 Å². The van der Waals surface area contributed by atoms with Crippen LogP contribution in [0.2, 0.25) is 0 Å². The summed E-state index contributed by atoms with van der Waals surface area (Å²) in [5, 5.41) is 12.6. The summed E-state index contributed by atoms with van der Waals surface area (Å²) in [6.07, 6.45) is 0.289. The molecule has 0 aliphatic carbocycles. The minimum Gasteiger partial charge on any atom is -0.366 e. The van der Waals surface area contributed by atoms with Gasteiger partial charge in [0.2, 0.25) is 0 Å². The molecule has 0 spiro atoms. The zero-order valence-corrected chi connectivity index (χ0v) is 12.6. The van der Waals surface area contributed by atoms with Gasteiger partial charge in [-0.3, -0.25) is 0 Å². The van der Waals surface area contributed by atoms with Gasteiger partial charge in [-0.2, -0.15) is 5.26 Å². The lowest BCUT2D eigenvalue weighted by Crippen LogP contribution is -2.35. The van der Waals surface area contributed by atoms with E-state index in [-0.39, 0.29) is 12.2 Å². The Morgan fingerprint density at radius 2 is 1.85 bits per heavy atom. The first kappa shape index (κ1) is 14.5. The van der Waals surface area contributed by atoms with Crippen LogP contribution in [-0.4, -0.2) is 5.54 Å². The van der Waals surface area contributed by atoms with Crippen molar-refractivity contribution in [2.75, 3.05) is 5.32 Å². The maximum Gasteiger partial charge on any atom is 0.126 e. The lowest BCUT2D eigenvalue weighted by atomic mass is 9.93. The van der Waals surface area contributed by atoms with Gasteiger partial charge in [-0.05, 0) is 46.6 Å². The van der Waals surface area contributed by atoms with Gasteiger partial charge in [0, 0.05) is 16.6 Å². The van der Waals surface area contributed by atoms with Gasteiger partial charge >= 0.3 is 0 Å². The summed E-state index contributed by atoms with van der Waals surface area (Å²) in [5.41, 5.74) is 0.454. The summed E-state index contributed by atoms with van der Waals surface area (Å²) >= 11 is 3.43. The first-order valence-corrected chi connectivity index (χ1v) is 7.01.